The van der Waals surface area contributed by atoms with Crippen LogP contribution in [0.2, 0.25) is 5.02 Å². The van der Waals surface area contributed by atoms with Gasteiger partial charge in [0.1, 0.15) is 11.6 Å². The van der Waals surface area contributed by atoms with Crippen molar-refractivity contribution in [2.45, 2.75) is 0 Å². The fraction of sp³-hybridized carbons (Fsp3) is 0.0625. The van der Waals surface area contributed by atoms with Gasteiger partial charge in [0, 0.05) is 22.1 Å². The van der Waals surface area contributed by atoms with Crippen LogP contribution in [-0.4, -0.2) is 22.4 Å². The first-order chi connectivity index (χ1) is 11.6. The first kappa shape index (κ1) is 16.4. The third-order valence-electron chi connectivity index (χ3n) is 3.16. The fourth-order valence-corrected chi connectivity index (χ4v) is 2.75. The predicted molar refractivity (Wildman–Crippen MR) is 91.3 cm³/mol. The van der Waals surface area contributed by atoms with Crippen LogP contribution in [-0.2, 0) is 0 Å². The molecule has 1 aromatic heterocycles. The zero-order valence-electron chi connectivity index (χ0n) is 12.4. The van der Waals surface area contributed by atoms with E-state index in [9.17, 15) is 9.18 Å². The summed E-state index contributed by atoms with van der Waals surface area (Å²) in [5, 5.41) is 3.46. The Morgan fingerprint density at radius 3 is 2.71 bits per heavy atom. The van der Waals surface area contributed by atoms with Crippen LogP contribution in [0.15, 0.2) is 42.5 Å². The second-order valence-corrected chi connectivity index (χ2v) is 5.92. The second kappa shape index (κ2) is 6.94. The molecule has 0 aliphatic rings. The lowest BCUT2D eigenvalue weighted by Gasteiger charge is -2.07. The Balaban J connectivity index is 1.79. The average Bonchev–Trinajstić information content (AvgIpc) is 3.03. The number of benzene rings is 2. The number of ether oxygens (including phenoxy) is 1. The molecule has 5 nitrogen and oxygen atoms in total. The lowest BCUT2D eigenvalue weighted by molar-refractivity contribution is 0.102. The summed E-state index contributed by atoms with van der Waals surface area (Å²) >= 11 is 6.92. The van der Waals surface area contributed by atoms with E-state index in [1.54, 1.807) is 30.3 Å². The van der Waals surface area contributed by atoms with Crippen LogP contribution in [0.3, 0.4) is 0 Å². The molecule has 0 saturated carbocycles. The molecule has 0 atom stereocenters. The van der Waals surface area contributed by atoms with Crippen molar-refractivity contribution in [2.24, 2.45) is 0 Å². The number of carbonyl (C=O) groups excluding carboxylic acids is 1. The number of methoxy groups -OCH3 is 1. The fourth-order valence-electron chi connectivity index (χ4n) is 2.01. The highest BCUT2D eigenvalue weighted by Gasteiger charge is 2.15. The number of halogens is 2. The lowest BCUT2D eigenvalue weighted by atomic mass is 10.2. The van der Waals surface area contributed by atoms with Crippen molar-refractivity contribution in [3.63, 3.8) is 0 Å². The van der Waals surface area contributed by atoms with Gasteiger partial charge in [0.2, 0.25) is 5.13 Å². The lowest BCUT2D eigenvalue weighted by Crippen LogP contribution is -2.13. The number of amides is 1. The van der Waals surface area contributed by atoms with Crippen LogP contribution < -0.4 is 10.1 Å². The average molecular weight is 364 g/mol. The van der Waals surface area contributed by atoms with Gasteiger partial charge in [-0.15, -0.1) is 0 Å². The highest BCUT2D eigenvalue weighted by molar-refractivity contribution is 7.10. The van der Waals surface area contributed by atoms with E-state index in [0.717, 1.165) is 11.5 Å². The Labute approximate surface area is 146 Å². The van der Waals surface area contributed by atoms with E-state index < -0.39 is 0 Å². The molecule has 0 unspecified atom stereocenters. The van der Waals surface area contributed by atoms with Crippen LogP contribution in [0.25, 0.3) is 11.4 Å². The summed E-state index contributed by atoms with van der Waals surface area (Å²) in [6.45, 7) is 0. The van der Waals surface area contributed by atoms with Gasteiger partial charge < -0.3 is 4.74 Å². The maximum atomic E-state index is 13.0. The molecule has 122 valence electrons. The molecule has 0 fully saturated rings. The number of carbonyl (C=O) groups is 1. The molecule has 0 bridgehead atoms. The van der Waals surface area contributed by atoms with E-state index in [0.29, 0.717) is 32.9 Å². The number of hydrogen-bond donors (Lipinski definition) is 1. The number of aromatic nitrogens is 2. The molecule has 0 radical (unpaired) electrons. The van der Waals surface area contributed by atoms with E-state index in [2.05, 4.69) is 14.7 Å². The van der Waals surface area contributed by atoms with E-state index >= 15 is 0 Å². The van der Waals surface area contributed by atoms with Gasteiger partial charge in [-0.2, -0.15) is 9.36 Å². The SMILES string of the molecule is COc1cc(Cl)ccc1C(=O)Nc1nc(-c2ccc(F)cc2)ns1. The molecule has 1 heterocycles. The summed E-state index contributed by atoms with van der Waals surface area (Å²) in [5.74, 6) is 0.0595. The molecular weight excluding hydrogens is 353 g/mol. The Hall–Kier alpha value is -2.51. The van der Waals surface area contributed by atoms with Gasteiger partial charge in [-0.25, -0.2) is 4.39 Å². The van der Waals surface area contributed by atoms with Crippen LogP contribution in [0.4, 0.5) is 9.52 Å². The topological polar surface area (TPSA) is 64.1 Å². The molecule has 1 amide bonds. The van der Waals surface area contributed by atoms with Crippen molar-refractivity contribution in [2.75, 3.05) is 12.4 Å². The zero-order chi connectivity index (χ0) is 17.1. The minimum atomic E-state index is -0.384. The number of anilines is 1. The maximum Gasteiger partial charge on any atom is 0.261 e. The number of hydrogen-bond acceptors (Lipinski definition) is 5. The van der Waals surface area contributed by atoms with Crippen LogP contribution in [0, 0.1) is 5.82 Å². The first-order valence-electron chi connectivity index (χ1n) is 6.81. The third-order valence-corrected chi connectivity index (χ3v) is 4.02. The minimum absolute atomic E-state index is 0.330. The Kier molecular flexibility index (Phi) is 4.73. The van der Waals surface area contributed by atoms with Crippen molar-refractivity contribution >= 4 is 34.2 Å². The van der Waals surface area contributed by atoms with E-state index in [1.165, 1.54) is 19.2 Å². The highest BCUT2D eigenvalue weighted by atomic mass is 35.5. The molecule has 3 aromatic rings. The summed E-state index contributed by atoms with van der Waals surface area (Å²) in [6.07, 6.45) is 0. The van der Waals surface area contributed by atoms with Crippen LogP contribution >= 0.6 is 23.1 Å². The van der Waals surface area contributed by atoms with Crippen molar-refractivity contribution in [3.05, 3.63) is 58.9 Å². The number of nitrogens with zero attached hydrogens (tertiary/aromatic N) is 2. The van der Waals surface area contributed by atoms with Crippen molar-refractivity contribution in [1.29, 1.82) is 0 Å². The van der Waals surface area contributed by atoms with Gasteiger partial charge in [0.15, 0.2) is 5.82 Å². The van der Waals surface area contributed by atoms with Gasteiger partial charge >= 0.3 is 0 Å². The van der Waals surface area contributed by atoms with E-state index in [4.69, 9.17) is 16.3 Å². The molecule has 24 heavy (non-hydrogen) atoms. The molecule has 0 aliphatic heterocycles. The highest BCUT2D eigenvalue weighted by Crippen LogP contribution is 2.25. The number of rotatable bonds is 4. The summed E-state index contributed by atoms with van der Waals surface area (Å²) < 4.78 is 22.3. The number of nitrogens with one attached hydrogen (secondary N) is 1. The van der Waals surface area contributed by atoms with Crippen LogP contribution in [0.1, 0.15) is 10.4 Å². The molecule has 2 aromatic carbocycles. The standard InChI is InChI=1S/C16H11ClFN3O2S/c1-23-13-8-10(17)4-7-12(13)15(22)20-16-19-14(21-24-16)9-2-5-11(18)6-3-9/h2-8H,1H3,(H,19,20,21,22). The normalized spacial score (nSPS) is 10.5. The molecule has 8 heteroatoms. The van der Waals surface area contributed by atoms with E-state index in [1.807, 2.05) is 0 Å². The smallest absolute Gasteiger partial charge is 0.261 e. The molecular formula is C16H11ClFN3O2S. The predicted octanol–water partition coefficient (Wildman–Crippen LogP) is 4.26. The Morgan fingerprint density at radius 2 is 2.00 bits per heavy atom. The third kappa shape index (κ3) is 3.52. The van der Waals surface area contributed by atoms with E-state index in [-0.39, 0.29) is 11.7 Å². The van der Waals surface area contributed by atoms with Crippen LogP contribution in [0.5, 0.6) is 5.75 Å². The monoisotopic (exact) mass is 363 g/mol. The van der Waals surface area contributed by atoms with Crippen molar-refractivity contribution in [1.82, 2.24) is 9.36 Å². The zero-order valence-corrected chi connectivity index (χ0v) is 14.0. The molecule has 0 spiro atoms. The Morgan fingerprint density at radius 1 is 1.25 bits per heavy atom. The van der Waals surface area contributed by atoms with Gasteiger partial charge in [0.25, 0.3) is 5.91 Å². The summed E-state index contributed by atoms with van der Waals surface area (Å²) in [4.78, 5) is 16.6. The van der Waals surface area contributed by atoms with Gasteiger partial charge in [-0.05, 0) is 42.5 Å². The summed E-state index contributed by atoms with van der Waals surface area (Å²) in [6, 6.07) is 10.5. The molecule has 0 saturated heterocycles. The largest absolute Gasteiger partial charge is 0.496 e. The van der Waals surface area contributed by atoms with Gasteiger partial charge in [0.05, 0.1) is 12.7 Å². The maximum absolute atomic E-state index is 13.0. The summed E-state index contributed by atoms with van der Waals surface area (Å²) in [7, 11) is 1.46. The summed E-state index contributed by atoms with van der Waals surface area (Å²) in [5.41, 5.74) is 0.998. The Bertz CT molecular complexity index is 883. The van der Waals surface area contributed by atoms with Gasteiger partial charge in [-0.3, -0.25) is 10.1 Å². The molecule has 3 rings (SSSR count). The quantitative estimate of drug-likeness (QED) is 0.752. The first-order valence-corrected chi connectivity index (χ1v) is 7.96. The molecule has 1 N–H and O–H groups in total. The molecule has 0 aliphatic carbocycles. The van der Waals surface area contributed by atoms with Gasteiger partial charge in [-0.1, -0.05) is 11.6 Å². The minimum Gasteiger partial charge on any atom is -0.496 e. The second-order valence-electron chi connectivity index (χ2n) is 4.73. The van der Waals surface area contributed by atoms with Crippen molar-refractivity contribution < 1.29 is 13.9 Å². The van der Waals surface area contributed by atoms with Crippen molar-refractivity contribution in [3.8, 4) is 17.1 Å².